The van der Waals surface area contributed by atoms with Gasteiger partial charge in [0, 0.05) is 40.7 Å². The Hall–Kier alpha value is -1.40. The zero-order valence-corrected chi connectivity index (χ0v) is 12.1. The quantitative estimate of drug-likeness (QED) is 0.834. The van der Waals surface area contributed by atoms with Gasteiger partial charge >= 0.3 is 6.03 Å². The molecule has 1 aromatic rings. The van der Waals surface area contributed by atoms with Crippen LogP contribution in [0.1, 0.15) is 13.3 Å². The van der Waals surface area contributed by atoms with Crippen molar-refractivity contribution in [3.05, 3.63) is 24.3 Å². The van der Waals surface area contributed by atoms with Crippen molar-refractivity contribution in [2.24, 2.45) is 0 Å². The maximum atomic E-state index is 12.0. The topological polar surface area (TPSA) is 69.6 Å². The molecule has 0 aliphatic rings. The predicted molar refractivity (Wildman–Crippen MR) is 76.7 cm³/mol. The van der Waals surface area contributed by atoms with Gasteiger partial charge in [-0.1, -0.05) is 6.92 Å². The molecule has 1 rings (SSSR count). The minimum Gasteiger partial charge on any atom is -0.395 e. The number of hydrogen-bond donors (Lipinski definition) is 2. The van der Waals surface area contributed by atoms with E-state index in [0.29, 0.717) is 18.8 Å². The molecule has 6 heteroatoms. The van der Waals surface area contributed by atoms with E-state index >= 15 is 0 Å². The summed E-state index contributed by atoms with van der Waals surface area (Å²) >= 11 is 0. The average Bonchev–Trinajstić information content (AvgIpc) is 2.39. The molecule has 0 aliphatic heterocycles. The lowest BCUT2D eigenvalue weighted by Gasteiger charge is -2.21. The van der Waals surface area contributed by atoms with Crippen LogP contribution in [0.25, 0.3) is 0 Å². The number of aliphatic hydroxyl groups is 1. The third-order valence-electron chi connectivity index (χ3n) is 2.59. The van der Waals surface area contributed by atoms with Crippen molar-refractivity contribution in [3.63, 3.8) is 0 Å². The Kier molecular flexibility index (Phi) is 6.52. The van der Waals surface area contributed by atoms with Crippen molar-refractivity contribution >= 4 is 22.5 Å². The molecular formula is C13H20N2O3S. The molecule has 0 radical (unpaired) electrons. The van der Waals surface area contributed by atoms with E-state index in [2.05, 4.69) is 5.32 Å². The summed E-state index contributed by atoms with van der Waals surface area (Å²) in [6, 6.07) is 6.65. The van der Waals surface area contributed by atoms with Gasteiger partial charge in [-0.3, -0.25) is 4.21 Å². The first-order chi connectivity index (χ1) is 9.08. The van der Waals surface area contributed by atoms with Crippen LogP contribution in [-0.4, -0.2) is 46.2 Å². The van der Waals surface area contributed by atoms with Gasteiger partial charge in [0.1, 0.15) is 0 Å². The van der Waals surface area contributed by atoms with Crippen molar-refractivity contribution in [2.75, 3.05) is 31.3 Å². The highest BCUT2D eigenvalue weighted by molar-refractivity contribution is 7.84. The molecule has 0 fully saturated rings. The van der Waals surface area contributed by atoms with E-state index < -0.39 is 10.8 Å². The third-order valence-corrected chi connectivity index (χ3v) is 3.52. The Morgan fingerprint density at radius 2 is 1.95 bits per heavy atom. The number of anilines is 1. The largest absolute Gasteiger partial charge is 0.395 e. The summed E-state index contributed by atoms with van der Waals surface area (Å²) in [5, 5.41) is 11.7. The van der Waals surface area contributed by atoms with Gasteiger partial charge in [-0.15, -0.1) is 0 Å². The van der Waals surface area contributed by atoms with Gasteiger partial charge < -0.3 is 15.3 Å². The van der Waals surface area contributed by atoms with Gasteiger partial charge in [-0.25, -0.2) is 4.79 Å². The second-order valence-electron chi connectivity index (χ2n) is 4.12. The number of rotatable bonds is 6. The van der Waals surface area contributed by atoms with Crippen molar-refractivity contribution in [2.45, 2.75) is 18.2 Å². The Bertz CT molecular complexity index is 428. The lowest BCUT2D eigenvalue weighted by molar-refractivity contribution is 0.188. The number of nitrogens with zero attached hydrogens (tertiary/aromatic N) is 1. The molecule has 0 bridgehead atoms. The highest BCUT2D eigenvalue weighted by Gasteiger charge is 2.11. The SMILES string of the molecule is CCCN(CCO)C(=O)Nc1ccc(S(C)=O)cc1. The molecule has 1 aromatic carbocycles. The minimum absolute atomic E-state index is 0.0544. The van der Waals surface area contributed by atoms with Crippen LogP contribution in [0.5, 0.6) is 0 Å². The molecule has 5 nitrogen and oxygen atoms in total. The fraction of sp³-hybridized carbons (Fsp3) is 0.462. The summed E-state index contributed by atoms with van der Waals surface area (Å²) in [6.45, 7) is 2.84. The van der Waals surface area contributed by atoms with E-state index in [4.69, 9.17) is 5.11 Å². The Balaban J connectivity index is 2.66. The van der Waals surface area contributed by atoms with Crippen LogP contribution in [0, 0.1) is 0 Å². The second kappa shape index (κ2) is 7.91. The maximum absolute atomic E-state index is 12.0. The van der Waals surface area contributed by atoms with E-state index in [1.54, 1.807) is 35.4 Å². The Labute approximate surface area is 116 Å². The highest BCUT2D eigenvalue weighted by Crippen LogP contribution is 2.12. The Morgan fingerprint density at radius 1 is 1.32 bits per heavy atom. The van der Waals surface area contributed by atoms with Crippen LogP contribution in [0.2, 0.25) is 0 Å². The number of carbonyl (C=O) groups excluding carboxylic acids is 1. The molecule has 0 spiro atoms. The molecular weight excluding hydrogens is 264 g/mol. The minimum atomic E-state index is -1.02. The predicted octanol–water partition coefficient (Wildman–Crippen LogP) is 1.66. The molecule has 0 saturated heterocycles. The molecule has 1 unspecified atom stereocenters. The molecule has 0 aliphatic carbocycles. The zero-order chi connectivity index (χ0) is 14.3. The summed E-state index contributed by atoms with van der Waals surface area (Å²) in [4.78, 5) is 14.2. The first-order valence-electron chi connectivity index (χ1n) is 6.18. The highest BCUT2D eigenvalue weighted by atomic mass is 32.2. The molecule has 19 heavy (non-hydrogen) atoms. The van der Waals surface area contributed by atoms with E-state index in [1.165, 1.54) is 0 Å². The smallest absolute Gasteiger partial charge is 0.321 e. The van der Waals surface area contributed by atoms with Gasteiger partial charge in [0.15, 0.2) is 0 Å². The lowest BCUT2D eigenvalue weighted by Crippen LogP contribution is -2.37. The van der Waals surface area contributed by atoms with Crippen molar-refractivity contribution in [3.8, 4) is 0 Å². The summed E-state index contributed by atoms with van der Waals surface area (Å²) in [5.74, 6) is 0. The van der Waals surface area contributed by atoms with Crippen LogP contribution in [0.4, 0.5) is 10.5 Å². The number of amides is 2. The van der Waals surface area contributed by atoms with Gasteiger partial charge in [0.25, 0.3) is 0 Å². The van der Waals surface area contributed by atoms with Crippen LogP contribution in [0.3, 0.4) is 0 Å². The monoisotopic (exact) mass is 284 g/mol. The maximum Gasteiger partial charge on any atom is 0.321 e. The van der Waals surface area contributed by atoms with E-state index in [1.807, 2.05) is 6.92 Å². The van der Waals surface area contributed by atoms with Gasteiger partial charge in [-0.2, -0.15) is 0 Å². The van der Waals surface area contributed by atoms with Crippen LogP contribution in [-0.2, 0) is 10.8 Å². The van der Waals surface area contributed by atoms with Gasteiger partial charge in [-0.05, 0) is 30.7 Å². The molecule has 0 saturated carbocycles. The van der Waals surface area contributed by atoms with Crippen LogP contribution in [0.15, 0.2) is 29.2 Å². The normalized spacial score (nSPS) is 11.9. The number of benzene rings is 1. The van der Waals surface area contributed by atoms with Crippen molar-refractivity contribution in [1.82, 2.24) is 4.90 Å². The number of carbonyl (C=O) groups is 1. The first-order valence-corrected chi connectivity index (χ1v) is 7.74. The molecule has 2 N–H and O–H groups in total. The zero-order valence-electron chi connectivity index (χ0n) is 11.3. The fourth-order valence-corrected chi connectivity index (χ4v) is 2.16. The number of aliphatic hydroxyl groups excluding tert-OH is 1. The van der Waals surface area contributed by atoms with E-state index in [-0.39, 0.29) is 12.6 Å². The summed E-state index contributed by atoms with van der Waals surface area (Å²) in [7, 11) is -1.02. The summed E-state index contributed by atoms with van der Waals surface area (Å²) < 4.78 is 11.2. The van der Waals surface area contributed by atoms with Crippen molar-refractivity contribution in [1.29, 1.82) is 0 Å². The molecule has 106 valence electrons. The second-order valence-corrected chi connectivity index (χ2v) is 5.50. The third kappa shape index (κ3) is 5.00. The number of hydrogen-bond acceptors (Lipinski definition) is 3. The fourth-order valence-electron chi connectivity index (χ4n) is 1.64. The van der Waals surface area contributed by atoms with Gasteiger partial charge in [0.2, 0.25) is 0 Å². The average molecular weight is 284 g/mol. The van der Waals surface area contributed by atoms with E-state index in [9.17, 15) is 9.00 Å². The number of urea groups is 1. The number of nitrogens with one attached hydrogen (secondary N) is 1. The standard InChI is InChI=1S/C13H20N2O3S/c1-3-8-15(9-10-16)13(17)14-11-4-6-12(7-5-11)19(2)18/h4-7,16H,3,8-10H2,1-2H3,(H,14,17). The lowest BCUT2D eigenvalue weighted by atomic mass is 10.3. The molecule has 1 atom stereocenters. The Morgan fingerprint density at radius 3 is 2.42 bits per heavy atom. The molecule has 2 amide bonds. The molecule has 0 heterocycles. The summed E-state index contributed by atoms with van der Waals surface area (Å²) in [5.41, 5.74) is 0.651. The summed E-state index contributed by atoms with van der Waals surface area (Å²) in [6.07, 6.45) is 2.44. The van der Waals surface area contributed by atoms with Gasteiger partial charge in [0.05, 0.1) is 6.61 Å². The van der Waals surface area contributed by atoms with Crippen LogP contribution >= 0.6 is 0 Å². The first kappa shape index (κ1) is 15.7. The molecule has 0 aromatic heterocycles. The van der Waals surface area contributed by atoms with Crippen molar-refractivity contribution < 1.29 is 14.1 Å². The van der Waals surface area contributed by atoms with E-state index in [0.717, 1.165) is 11.3 Å². The van der Waals surface area contributed by atoms with Crippen LogP contribution < -0.4 is 5.32 Å².